The van der Waals surface area contributed by atoms with Crippen molar-refractivity contribution in [2.75, 3.05) is 33.7 Å². The lowest BCUT2D eigenvalue weighted by molar-refractivity contribution is -0.138. The lowest BCUT2D eigenvalue weighted by atomic mass is 10.4. The number of aliphatic carboxylic acids is 1. The summed E-state index contributed by atoms with van der Waals surface area (Å²) in [6.07, 6.45) is 1.61. The molecule has 7 nitrogen and oxygen atoms in total. The fraction of sp³-hybridized carbons (Fsp3) is 0.700. The zero-order valence-electron chi connectivity index (χ0n) is 10.5. The van der Waals surface area contributed by atoms with Crippen molar-refractivity contribution in [3.63, 3.8) is 0 Å². The molecule has 0 fully saturated rings. The summed E-state index contributed by atoms with van der Waals surface area (Å²) in [4.78, 5) is 14.6. The van der Waals surface area contributed by atoms with E-state index in [4.69, 9.17) is 5.11 Å². The molecular formula is C10H19N5O2. The molecule has 1 heterocycles. The Morgan fingerprint density at radius 1 is 1.47 bits per heavy atom. The van der Waals surface area contributed by atoms with Crippen molar-refractivity contribution in [3.05, 3.63) is 12.2 Å². The fourth-order valence-electron chi connectivity index (χ4n) is 1.40. The summed E-state index contributed by atoms with van der Waals surface area (Å²) in [5.41, 5.74) is 0. The Morgan fingerprint density at radius 2 is 2.18 bits per heavy atom. The van der Waals surface area contributed by atoms with Gasteiger partial charge in [-0.2, -0.15) is 0 Å². The topological polar surface area (TPSA) is 74.5 Å². The number of hydrogen-bond acceptors (Lipinski definition) is 5. The fourth-order valence-corrected chi connectivity index (χ4v) is 1.40. The van der Waals surface area contributed by atoms with Gasteiger partial charge in [-0.05, 0) is 14.1 Å². The number of aromatic nitrogens is 3. The largest absolute Gasteiger partial charge is 0.480 e. The van der Waals surface area contributed by atoms with Crippen LogP contribution in [0, 0.1) is 0 Å². The standard InChI is InChI=1S/C10H19N5O2/c1-13(2)4-5-15(7-10(16)17)6-9-12-11-8-14(9)3/h8H,4-7H2,1-3H3,(H,16,17). The van der Waals surface area contributed by atoms with Crippen LogP contribution in [0.2, 0.25) is 0 Å². The van der Waals surface area contributed by atoms with Gasteiger partial charge in [0.25, 0.3) is 0 Å². The Bertz CT molecular complexity index is 363. The van der Waals surface area contributed by atoms with Gasteiger partial charge in [-0.15, -0.1) is 10.2 Å². The molecular weight excluding hydrogens is 222 g/mol. The van der Waals surface area contributed by atoms with Gasteiger partial charge in [0.2, 0.25) is 0 Å². The molecule has 0 unspecified atom stereocenters. The van der Waals surface area contributed by atoms with E-state index in [9.17, 15) is 4.79 Å². The highest BCUT2D eigenvalue weighted by atomic mass is 16.4. The van der Waals surface area contributed by atoms with Crippen LogP contribution < -0.4 is 0 Å². The molecule has 0 amide bonds. The van der Waals surface area contributed by atoms with E-state index in [0.717, 1.165) is 12.4 Å². The van der Waals surface area contributed by atoms with Gasteiger partial charge in [0.1, 0.15) is 12.2 Å². The average Bonchev–Trinajstić information content (AvgIpc) is 2.60. The first-order valence-corrected chi connectivity index (χ1v) is 5.41. The van der Waals surface area contributed by atoms with Crippen molar-refractivity contribution >= 4 is 5.97 Å². The molecule has 17 heavy (non-hydrogen) atoms. The Balaban J connectivity index is 2.57. The van der Waals surface area contributed by atoms with Crippen LogP contribution in [0.15, 0.2) is 6.33 Å². The van der Waals surface area contributed by atoms with E-state index in [1.165, 1.54) is 0 Å². The maximum Gasteiger partial charge on any atom is 0.317 e. The smallest absolute Gasteiger partial charge is 0.317 e. The molecule has 1 rings (SSSR count). The van der Waals surface area contributed by atoms with Crippen LogP contribution in [-0.2, 0) is 18.4 Å². The summed E-state index contributed by atoms with van der Waals surface area (Å²) in [6, 6.07) is 0. The van der Waals surface area contributed by atoms with Crippen LogP contribution in [0.5, 0.6) is 0 Å². The molecule has 0 aromatic carbocycles. The second-order valence-corrected chi connectivity index (χ2v) is 4.27. The SMILES string of the molecule is CN(C)CCN(CC(=O)O)Cc1nncn1C. The first kappa shape index (κ1) is 13.6. The van der Waals surface area contributed by atoms with Gasteiger partial charge in [-0.3, -0.25) is 9.69 Å². The molecule has 0 radical (unpaired) electrons. The zero-order valence-corrected chi connectivity index (χ0v) is 10.5. The predicted molar refractivity (Wildman–Crippen MR) is 62.5 cm³/mol. The van der Waals surface area contributed by atoms with Gasteiger partial charge in [0.15, 0.2) is 0 Å². The van der Waals surface area contributed by atoms with Gasteiger partial charge < -0.3 is 14.6 Å². The molecule has 0 aliphatic rings. The van der Waals surface area contributed by atoms with Crippen molar-refractivity contribution in [2.24, 2.45) is 7.05 Å². The highest BCUT2D eigenvalue weighted by molar-refractivity contribution is 5.69. The lowest BCUT2D eigenvalue weighted by Crippen LogP contribution is -2.35. The van der Waals surface area contributed by atoms with Crippen LogP contribution in [0.3, 0.4) is 0 Å². The number of carbonyl (C=O) groups is 1. The Kier molecular flexibility index (Phi) is 5.05. The van der Waals surface area contributed by atoms with E-state index in [1.54, 1.807) is 10.9 Å². The minimum Gasteiger partial charge on any atom is -0.480 e. The van der Waals surface area contributed by atoms with E-state index in [-0.39, 0.29) is 6.54 Å². The van der Waals surface area contributed by atoms with Crippen LogP contribution in [0.4, 0.5) is 0 Å². The maximum atomic E-state index is 10.8. The number of carboxylic acid groups (broad SMARTS) is 1. The monoisotopic (exact) mass is 241 g/mol. The minimum atomic E-state index is -0.828. The Labute approximate surface area is 101 Å². The third-order valence-electron chi connectivity index (χ3n) is 2.39. The van der Waals surface area contributed by atoms with Crippen molar-refractivity contribution in [3.8, 4) is 0 Å². The second-order valence-electron chi connectivity index (χ2n) is 4.27. The molecule has 0 atom stereocenters. The molecule has 1 aromatic heterocycles. The lowest BCUT2D eigenvalue weighted by Gasteiger charge is -2.21. The zero-order chi connectivity index (χ0) is 12.8. The van der Waals surface area contributed by atoms with Crippen LogP contribution >= 0.6 is 0 Å². The van der Waals surface area contributed by atoms with Crippen LogP contribution in [0.1, 0.15) is 5.82 Å². The number of nitrogens with zero attached hydrogens (tertiary/aromatic N) is 5. The molecule has 0 aliphatic carbocycles. The summed E-state index contributed by atoms with van der Waals surface area (Å²) in [5.74, 6) is -0.0593. The first-order chi connectivity index (χ1) is 7.99. The van der Waals surface area contributed by atoms with Gasteiger partial charge in [-0.25, -0.2) is 0 Å². The summed E-state index contributed by atoms with van der Waals surface area (Å²) < 4.78 is 1.80. The van der Waals surface area contributed by atoms with E-state index < -0.39 is 5.97 Å². The third kappa shape index (κ3) is 4.92. The van der Waals surface area contributed by atoms with E-state index >= 15 is 0 Å². The molecule has 0 bridgehead atoms. The molecule has 0 saturated heterocycles. The number of likely N-dealkylation sites (N-methyl/N-ethyl adjacent to an activating group) is 1. The molecule has 1 aromatic rings. The van der Waals surface area contributed by atoms with E-state index in [1.807, 2.05) is 30.9 Å². The molecule has 0 spiro atoms. The molecule has 1 N–H and O–H groups in total. The van der Waals surface area contributed by atoms with Gasteiger partial charge in [0, 0.05) is 20.1 Å². The normalized spacial score (nSPS) is 11.4. The second kappa shape index (κ2) is 6.31. The number of aryl methyl sites for hydroxylation is 1. The number of rotatable bonds is 7. The summed E-state index contributed by atoms with van der Waals surface area (Å²) in [5, 5.41) is 16.6. The van der Waals surface area contributed by atoms with E-state index in [0.29, 0.717) is 13.1 Å². The minimum absolute atomic E-state index is 0.0146. The predicted octanol–water partition coefficient (Wildman–Crippen LogP) is -0.737. The van der Waals surface area contributed by atoms with E-state index in [2.05, 4.69) is 10.2 Å². The Morgan fingerprint density at radius 3 is 2.65 bits per heavy atom. The summed E-state index contributed by atoms with van der Waals surface area (Å²) in [6.45, 7) is 2.01. The molecule has 7 heteroatoms. The number of hydrogen-bond donors (Lipinski definition) is 1. The molecule has 0 aliphatic heterocycles. The van der Waals surface area contributed by atoms with Crippen molar-refractivity contribution in [1.29, 1.82) is 0 Å². The third-order valence-corrected chi connectivity index (χ3v) is 2.39. The van der Waals surface area contributed by atoms with Crippen molar-refractivity contribution in [1.82, 2.24) is 24.6 Å². The first-order valence-electron chi connectivity index (χ1n) is 5.41. The van der Waals surface area contributed by atoms with Crippen molar-refractivity contribution < 1.29 is 9.90 Å². The quantitative estimate of drug-likeness (QED) is 0.678. The van der Waals surface area contributed by atoms with Gasteiger partial charge in [0.05, 0.1) is 13.1 Å². The Hall–Kier alpha value is -1.47. The highest BCUT2D eigenvalue weighted by Gasteiger charge is 2.13. The van der Waals surface area contributed by atoms with Crippen LogP contribution in [0.25, 0.3) is 0 Å². The average molecular weight is 241 g/mol. The maximum absolute atomic E-state index is 10.8. The molecule has 0 saturated carbocycles. The van der Waals surface area contributed by atoms with Gasteiger partial charge in [-0.1, -0.05) is 0 Å². The number of carboxylic acids is 1. The van der Waals surface area contributed by atoms with Crippen LogP contribution in [-0.4, -0.2) is 69.4 Å². The summed E-state index contributed by atoms with van der Waals surface area (Å²) >= 11 is 0. The van der Waals surface area contributed by atoms with Gasteiger partial charge >= 0.3 is 5.97 Å². The summed E-state index contributed by atoms with van der Waals surface area (Å²) in [7, 11) is 5.77. The highest BCUT2D eigenvalue weighted by Crippen LogP contribution is 2.00. The van der Waals surface area contributed by atoms with Crippen molar-refractivity contribution in [2.45, 2.75) is 6.54 Å². The molecule has 96 valence electrons.